The van der Waals surface area contributed by atoms with E-state index in [9.17, 15) is 9.59 Å². The first-order chi connectivity index (χ1) is 11.6. The van der Waals surface area contributed by atoms with Crippen LogP contribution in [0.5, 0.6) is 0 Å². The summed E-state index contributed by atoms with van der Waals surface area (Å²) in [4.78, 5) is 29.1. The number of hydrogen-bond donors (Lipinski definition) is 0. The zero-order valence-corrected chi connectivity index (χ0v) is 15.1. The lowest BCUT2D eigenvalue weighted by Crippen LogP contribution is -2.39. The average molecular weight is 398 g/mol. The van der Waals surface area contributed by atoms with Crippen LogP contribution >= 0.6 is 15.9 Å². The summed E-state index contributed by atoms with van der Waals surface area (Å²) in [5, 5.41) is 0.419. The van der Waals surface area contributed by atoms with Crippen LogP contribution in [0.15, 0.2) is 26.3 Å². The van der Waals surface area contributed by atoms with E-state index >= 15 is 0 Å². The van der Waals surface area contributed by atoms with E-state index in [0.717, 1.165) is 25.9 Å². The maximum atomic E-state index is 12.6. The molecule has 24 heavy (non-hydrogen) atoms. The molecule has 0 radical (unpaired) electrons. The molecular formula is C16H20BrN3O4. The molecule has 0 aliphatic carbocycles. The van der Waals surface area contributed by atoms with E-state index in [4.69, 9.17) is 9.47 Å². The molecule has 0 N–H and O–H groups in total. The standard InChI is InChI=1S/C16H20BrN3O4/c1-19-14-12(9-11(17)10-18-14)15(21)20(16(19)22)6-4-8-24-13-5-2-3-7-23-13/h9-10,13H,2-8H2,1H3. The fourth-order valence-electron chi connectivity index (χ4n) is 2.84. The number of ether oxygens (including phenoxy) is 2. The van der Waals surface area contributed by atoms with E-state index in [2.05, 4.69) is 20.9 Å². The van der Waals surface area contributed by atoms with Crippen molar-refractivity contribution >= 4 is 27.0 Å². The summed E-state index contributed by atoms with van der Waals surface area (Å²) in [7, 11) is 1.62. The number of fused-ring (bicyclic) bond motifs is 1. The van der Waals surface area contributed by atoms with E-state index in [0.29, 0.717) is 35.1 Å². The van der Waals surface area contributed by atoms with Crippen molar-refractivity contribution in [3.63, 3.8) is 0 Å². The minimum Gasteiger partial charge on any atom is -0.353 e. The van der Waals surface area contributed by atoms with Crippen molar-refractivity contribution in [3.05, 3.63) is 37.6 Å². The number of aromatic nitrogens is 3. The molecule has 0 saturated carbocycles. The minimum atomic E-state index is -0.365. The van der Waals surface area contributed by atoms with Gasteiger partial charge in [0.15, 0.2) is 6.29 Å². The Hall–Kier alpha value is -1.51. The van der Waals surface area contributed by atoms with Crippen LogP contribution in [0.4, 0.5) is 0 Å². The van der Waals surface area contributed by atoms with Crippen LogP contribution in [0.25, 0.3) is 11.0 Å². The van der Waals surface area contributed by atoms with Crippen LogP contribution in [0.1, 0.15) is 25.7 Å². The van der Waals surface area contributed by atoms with Gasteiger partial charge >= 0.3 is 5.69 Å². The van der Waals surface area contributed by atoms with E-state index < -0.39 is 0 Å². The number of halogens is 1. The van der Waals surface area contributed by atoms with Gasteiger partial charge in [0.25, 0.3) is 5.56 Å². The van der Waals surface area contributed by atoms with Gasteiger partial charge in [-0.3, -0.25) is 13.9 Å². The van der Waals surface area contributed by atoms with Crippen LogP contribution in [-0.4, -0.2) is 33.6 Å². The quantitative estimate of drug-likeness (QED) is 0.718. The lowest BCUT2D eigenvalue weighted by atomic mass is 10.2. The molecule has 2 aromatic rings. The summed E-state index contributed by atoms with van der Waals surface area (Å²) < 4.78 is 14.5. The molecule has 130 valence electrons. The smallest absolute Gasteiger partial charge is 0.332 e. The van der Waals surface area contributed by atoms with Gasteiger partial charge in [-0.1, -0.05) is 0 Å². The molecular weight excluding hydrogens is 378 g/mol. The molecule has 1 aliphatic heterocycles. The Labute approximate surface area is 147 Å². The van der Waals surface area contributed by atoms with Crippen molar-refractivity contribution < 1.29 is 9.47 Å². The molecule has 2 aromatic heterocycles. The van der Waals surface area contributed by atoms with E-state index in [1.165, 1.54) is 9.13 Å². The highest BCUT2D eigenvalue weighted by Gasteiger charge is 2.15. The monoisotopic (exact) mass is 397 g/mol. The lowest BCUT2D eigenvalue weighted by molar-refractivity contribution is -0.163. The molecule has 0 aromatic carbocycles. The van der Waals surface area contributed by atoms with E-state index in [-0.39, 0.29) is 17.5 Å². The normalized spacial score (nSPS) is 18.2. The summed E-state index contributed by atoms with van der Waals surface area (Å²) in [5.41, 5.74) is -0.302. The van der Waals surface area contributed by atoms with Gasteiger partial charge in [0, 0.05) is 30.9 Å². The van der Waals surface area contributed by atoms with Crippen LogP contribution in [0.3, 0.4) is 0 Å². The van der Waals surface area contributed by atoms with Crippen molar-refractivity contribution in [2.45, 2.75) is 38.5 Å². The molecule has 1 unspecified atom stereocenters. The highest BCUT2D eigenvalue weighted by atomic mass is 79.9. The van der Waals surface area contributed by atoms with Crippen LogP contribution in [-0.2, 0) is 23.1 Å². The van der Waals surface area contributed by atoms with Gasteiger partial charge in [0.05, 0.1) is 12.0 Å². The van der Waals surface area contributed by atoms with Crippen molar-refractivity contribution in [1.29, 1.82) is 0 Å². The molecule has 0 amide bonds. The third kappa shape index (κ3) is 3.60. The summed E-state index contributed by atoms with van der Waals surface area (Å²) in [6.07, 6.45) is 5.07. The van der Waals surface area contributed by atoms with Gasteiger partial charge in [0.2, 0.25) is 0 Å². The summed E-state index contributed by atoms with van der Waals surface area (Å²) in [5.74, 6) is 0. The number of hydrogen-bond acceptors (Lipinski definition) is 5. The number of nitrogens with zero attached hydrogens (tertiary/aromatic N) is 3. The average Bonchev–Trinajstić information content (AvgIpc) is 2.60. The second kappa shape index (κ2) is 7.58. The van der Waals surface area contributed by atoms with Gasteiger partial charge in [-0.15, -0.1) is 0 Å². The number of aryl methyl sites for hydroxylation is 1. The summed E-state index contributed by atoms with van der Waals surface area (Å²) >= 11 is 3.31. The second-order valence-corrected chi connectivity index (χ2v) is 6.76. The fraction of sp³-hybridized carbons (Fsp3) is 0.562. The van der Waals surface area contributed by atoms with Gasteiger partial charge in [-0.25, -0.2) is 9.78 Å². The highest BCUT2D eigenvalue weighted by molar-refractivity contribution is 9.10. The predicted octanol–water partition coefficient (Wildman–Crippen LogP) is 1.79. The fourth-order valence-corrected chi connectivity index (χ4v) is 3.17. The molecule has 1 fully saturated rings. The lowest BCUT2D eigenvalue weighted by Gasteiger charge is -2.22. The van der Waals surface area contributed by atoms with Crippen LogP contribution in [0, 0.1) is 0 Å². The number of pyridine rings is 1. The molecule has 1 saturated heterocycles. The number of rotatable bonds is 5. The molecule has 7 nitrogen and oxygen atoms in total. The third-order valence-electron chi connectivity index (χ3n) is 4.11. The topological polar surface area (TPSA) is 75.3 Å². The Morgan fingerprint density at radius 3 is 3.00 bits per heavy atom. The zero-order chi connectivity index (χ0) is 17.1. The maximum Gasteiger partial charge on any atom is 0.332 e. The second-order valence-electron chi connectivity index (χ2n) is 5.84. The Kier molecular flexibility index (Phi) is 5.47. The third-order valence-corrected chi connectivity index (χ3v) is 4.55. The van der Waals surface area contributed by atoms with Crippen LogP contribution in [0.2, 0.25) is 0 Å². The van der Waals surface area contributed by atoms with Gasteiger partial charge in [0.1, 0.15) is 5.65 Å². The highest BCUT2D eigenvalue weighted by Crippen LogP contribution is 2.14. The SMILES string of the molecule is Cn1c(=O)n(CCCOC2CCCCO2)c(=O)c2cc(Br)cnc21. The van der Waals surface area contributed by atoms with Gasteiger partial charge < -0.3 is 9.47 Å². The van der Waals surface area contributed by atoms with Gasteiger partial charge in [-0.05, 0) is 47.7 Å². The van der Waals surface area contributed by atoms with Crippen molar-refractivity contribution in [2.75, 3.05) is 13.2 Å². The van der Waals surface area contributed by atoms with Crippen molar-refractivity contribution in [1.82, 2.24) is 14.1 Å². The van der Waals surface area contributed by atoms with Crippen molar-refractivity contribution in [3.8, 4) is 0 Å². The van der Waals surface area contributed by atoms with E-state index in [1.807, 2.05) is 0 Å². The maximum absolute atomic E-state index is 12.6. The zero-order valence-electron chi connectivity index (χ0n) is 13.5. The molecule has 3 heterocycles. The first-order valence-electron chi connectivity index (χ1n) is 8.06. The van der Waals surface area contributed by atoms with E-state index in [1.54, 1.807) is 19.3 Å². The largest absolute Gasteiger partial charge is 0.353 e. The van der Waals surface area contributed by atoms with Crippen LogP contribution < -0.4 is 11.2 Å². The molecule has 0 bridgehead atoms. The predicted molar refractivity (Wildman–Crippen MR) is 93.1 cm³/mol. The Balaban J connectivity index is 1.74. The summed E-state index contributed by atoms with van der Waals surface area (Å²) in [6, 6.07) is 1.69. The molecule has 3 rings (SSSR count). The first kappa shape index (κ1) is 17.3. The molecule has 1 aliphatic rings. The molecule has 1 atom stereocenters. The first-order valence-corrected chi connectivity index (χ1v) is 8.85. The van der Waals surface area contributed by atoms with Crippen molar-refractivity contribution in [2.24, 2.45) is 7.05 Å². The Bertz CT molecular complexity index is 840. The molecule has 0 spiro atoms. The summed E-state index contributed by atoms with van der Waals surface area (Å²) in [6.45, 7) is 1.49. The van der Waals surface area contributed by atoms with Gasteiger partial charge in [-0.2, -0.15) is 0 Å². The Morgan fingerprint density at radius 2 is 2.25 bits per heavy atom. The molecule has 8 heteroatoms. The minimum absolute atomic E-state index is 0.157. The Morgan fingerprint density at radius 1 is 1.42 bits per heavy atom.